The fourth-order valence-electron chi connectivity index (χ4n) is 4.97. The molecule has 0 unspecified atom stereocenters. The van der Waals surface area contributed by atoms with E-state index in [0.29, 0.717) is 26.2 Å². The molecule has 9 heteroatoms. The van der Waals surface area contributed by atoms with Gasteiger partial charge in [0.15, 0.2) is 5.82 Å². The molecule has 3 fully saturated rings. The third kappa shape index (κ3) is 6.84. The van der Waals surface area contributed by atoms with Crippen molar-refractivity contribution in [2.24, 2.45) is 5.92 Å². The number of amides is 2. The van der Waals surface area contributed by atoms with E-state index in [1.54, 1.807) is 4.90 Å². The first-order valence-electron chi connectivity index (χ1n) is 13.6. The molecule has 0 atom stereocenters. The van der Waals surface area contributed by atoms with Crippen LogP contribution in [-0.4, -0.2) is 109 Å². The van der Waals surface area contributed by atoms with Gasteiger partial charge in [-0.05, 0) is 38.3 Å². The van der Waals surface area contributed by atoms with Crippen molar-refractivity contribution < 1.29 is 14.3 Å². The van der Waals surface area contributed by atoms with Crippen molar-refractivity contribution in [2.75, 3.05) is 77.0 Å². The molecule has 2 aromatic rings. The smallest absolute Gasteiger partial charge is 0.242 e. The lowest BCUT2D eigenvalue weighted by atomic mass is 10.1. The van der Waals surface area contributed by atoms with Gasteiger partial charge in [0.1, 0.15) is 0 Å². The average molecular weight is 507 g/mol. The standard InChI is InChI=1S/C28H38N6O3/c1-22-3-5-23(6-4-22)25-9-10-26(30-29-25)32-11-2-12-33(16-15-32)27(35)21-34(28(36)24-7-8-24)14-13-31-17-19-37-20-18-31/h3-6,9-10,24H,2,7-8,11-21H2,1H3. The number of rotatable bonds is 8. The minimum absolute atomic E-state index is 0.0404. The van der Waals surface area contributed by atoms with Crippen LogP contribution in [0.5, 0.6) is 0 Å². The van der Waals surface area contributed by atoms with E-state index in [1.165, 1.54) is 5.56 Å². The molecule has 0 spiro atoms. The summed E-state index contributed by atoms with van der Waals surface area (Å²) in [6.45, 7) is 9.71. The van der Waals surface area contributed by atoms with Gasteiger partial charge in [-0.3, -0.25) is 14.5 Å². The Morgan fingerprint density at radius 3 is 2.43 bits per heavy atom. The van der Waals surface area contributed by atoms with E-state index in [0.717, 1.165) is 75.7 Å². The molecule has 2 saturated heterocycles. The molecule has 0 bridgehead atoms. The molecule has 2 aliphatic heterocycles. The summed E-state index contributed by atoms with van der Waals surface area (Å²) >= 11 is 0. The highest BCUT2D eigenvalue weighted by atomic mass is 16.5. The second-order valence-electron chi connectivity index (χ2n) is 10.4. The summed E-state index contributed by atoms with van der Waals surface area (Å²) in [6, 6.07) is 12.3. The zero-order chi connectivity index (χ0) is 25.6. The number of hydrogen-bond donors (Lipinski definition) is 0. The molecule has 5 rings (SSSR count). The predicted molar refractivity (Wildman–Crippen MR) is 142 cm³/mol. The Bertz CT molecular complexity index is 1050. The van der Waals surface area contributed by atoms with Gasteiger partial charge in [-0.2, -0.15) is 0 Å². The van der Waals surface area contributed by atoms with Gasteiger partial charge in [-0.25, -0.2) is 0 Å². The lowest BCUT2D eigenvalue weighted by Crippen LogP contribution is -2.48. The average Bonchev–Trinajstić information content (AvgIpc) is 3.79. The highest BCUT2D eigenvalue weighted by Crippen LogP contribution is 2.31. The van der Waals surface area contributed by atoms with E-state index in [1.807, 2.05) is 17.0 Å². The second kappa shape index (κ2) is 12.0. The molecule has 3 aliphatic rings. The molecule has 198 valence electrons. The first-order valence-corrected chi connectivity index (χ1v) is 13.6. The van der Waals surface area contributed by atoms with Crippen LogP contribution in [0.4, 0.5) is 5.82 Å². The SMILES string of the molecule is Cc1ccc(-c2ccc(N3CCCN(C(=O)CN(CCN4CCOCC4)C(=O)C4CC4)CC3)nn2)cc1. The molecular weight excluding hydrogens is 468 g/mol. The topological polar surface area (TPSA) is 82.1 Å². The van der Waals surface area contributed by atoms with Gasteiger partial charge < -0.3 is 19.4 Å². The lowest BCUT2D eigenvalue weighted by Gasteiger charge is -2.31. The van der Waals surface area contributed by atoms with Crippen LogP contribution in [0, 0.1) is 12.8 Å². The van der Waals surface area contributed by atoms with Crippen LogP contribution in [0.25, 0.3) is 11.3 Å². The summed E-state index contributed by atoms with van der Waals surface area (Å²) in [5, 5.41) is 8.94. The third-order valence-corrected chi connectivity index (χ3v) is 7.52. The molecule has 0 N–H and O–H groups in total. The minimum Gasteiger partial charge on any atom is -0.379 e. The number of morpholine rings is 1. The Hall–Kier alpha value is -3.04. The van der Waals surface area contributed by atoms with E-state index in [9.17, 15) is 9.59 Å². The number of carbonyl (C=O) groups excluding carboxylic acids is 2. The van der Waals surface area contributed by atoms with Crippen LogP contribution in [-0.2, 0) is 14.3 Å². The van der Waals surface area contributed by atoms with Gasteiger partial charge in [0.25, 0.3) is 0 Å². The van der Waals surface area contributed by atoms with Gasteiger partial charge >= 0.3 is 0 Å². The Morgan fingerprint density at radius 1 is 0.946 bits per heavy atom. The summed E-state index contributed by atoms with van der Waals surface area (Å²) in [6.07, 6.45) is 2.75. The summed E-state index contributed by atoms with van der Waals surface area (Å²) < 4.78 is 5.43. The highest BCUT2D eigenvalue weighted by molar-refractivity contribution is 5.87. The number of anilines is 1. The molecule has 3 heterocycles. The van der Waals surface area contributed by atoms with Gasteiger partial charge in [0.05, 0.1) is 25.5 Å². The number of carbonyl (C=O) groups is 2. The van der Waals surface area contributed by atoms with Gasteiger partial charge in [0.2, 0.25) is 11.8 Å². The molecule has 9 nitrogen and oxygen atoms in total. The first-order chi connectivity index (χ1) is 18.1. The van der Waals surface area contributed by atoms with Crippen molar-refractivity contribution in [3.8, 4) is 11.3 Å². The highest BCUT2D eigenvalue weighted by Gasteiger charge is 2.35. The van der Waals surface area contributed by atoms with Gasteiger partial charge in [-0.1, -0.05) is 29.8 Å². The van der Waals surface area contributed by atoms with E-state index in [4.69, 9.17) is 4.74 Å². The van der Waals surface area contributed by atoms with E-state index in [-0.39, 0.29) is 24.3 Å². The Labute approximate surface area is 219 Å². The minimum atomic E-state index is 0.0404. The number of aryl methyl sites for hydroxylation is 1. The normalized spacial score (nSPS) is 18.9. The van der Waals surface area contributed by atoms with Crippen molar-refractivity contribution in [1.82, 2.24) is 24.9 Å². The first kappa shape index (κ1) is 25.6. The fraction of sp³-hybridized carbons (Fsp3) is 0.571. The zero-order valence-corrected chi connectivity index (χ0v) is 21.8. The molecule has 37 heavy (non-hydrogen) atoms. The van der Waals surface area contributed by atoms with Gasteiger partial charge in [-0.15, -0.1) is 10.2 Å². The lowest BCUT2D eigenvalue weighted by molar-refractivity contribution is -0.141. The van der Waals surface area contributed by atoms with Crippen LogP contribution in [0.3, 0.4) is 0 Å². The van der Waals surface area contributed by atoms with E-state index in [2.05, 4.69) is 51.2 Å². The van der Waals surface area contributed by atoms with E-state index >= 15 is 0 Å². The molecule has 1 aromatic heterocycles. The quantitative estimate of drug-likeness (QED) is 0.542. The summed E-state index contributed by atoms with van der Waals surface area (Å²) in [7, 11) is 0. The number of hydrogen-bond acceptors (Lipinski definition) is 7. The number of benzene rings is 1. The molecule has 1 saturated carbocycles. The molecule has 2 amide bonds. The number of ether oxygens (including phenoxy) is 1. The second-order valence-corrected chi connectivity index (χ2v) is 10.4. The third-order valence-electron chi connectivity index (χ3n) is 7.52. The summed E-state index contributed by atoms with van der Waals surface area (Å²) in [5.41, 5.74) is 3.12. The van der Waals surface area contributed by atoms with Crippen LogP contribution in [0.2, 0.25) is 0 Å². The molecular formula is C28H38N6O3. The van der Waals surface area contributed by atoms with Crippen molar-refractivity contribution in [2.45, 2.75) is 26.2 Å². The maximum absolute atomic E-state index is 13.3. The van der Waals surface area contributed by atoms with Crippen molar-refractivity contribution in [3.63, 3.8) is 0 Å². The van der Waals surface area contributed by atoms with Gasteiger partial charge in [0, 0.05) is 63.8 Å². The maximum Gasteiger partial charge on any atom is 0.242 e. The monoisotopic (exact) mass is 506 g/mol. The Morgan fingerprint density at radius 2 is 1.73 bits per heavy atom. The summed E-state index contributed by atoms with van der Waals surface area (Å²) in [4.78, 5) is 34.4. The summed E-state index contributed by atoms with van der Waals surface area (Å²) in [5.74, 6) is 1.13. The van der Waals surface area contributed by atoms with Crippen LogP contribution < -0.4 is 4.90 Å². The van der Waals surface area contributed by atoms with Crippen molar-refractivity contribution in [1.29, 1.82) is 0 Å². The van der Waals surface area contributed by atoms with E-state index < -0.39 is 0 Å². The van der Waals surface area contributed by atoms with Crippen molar-refractivity contribution in [3.05, 3.63) is 42.0 Å². The Kier molecular flexibility index (Phi) is 8.31. The maximum atomic E-state index is 13.3. The number of nitrogens with zero attached hydrogens (tertiary/aromatic N) is 6. The van der Waals surface area contributed by atoms with Crippen LogP contribution in [0.1, 0.15) is 24.8 Å². The largest absolute Gasteiger partial charge is 0.379 e. The molecule has 1 aliphatic carbocycles. The number of aromatic nitrogens is 2. The zero-order valence-electron chi connectivity index (χ0n) is 21.8. The van der Waals surface area contributed by atoms with Crippen LogP contribution >= 0.6 is 0 Å². The fourth-order valence-corrected chi connectivity index (χ4v) is 4.97. The van der Waals surface area contributed by atoms with Crippen LogP contribution in [0.15, 0.2) is 36.4 Å². The Balaban J connectivity index is 1.15. The molecule has 1 aromatic carbocycles. The molecule has 0 radical (unpaired) electrons. The predicted octanol–water partition coefficient (Wildman–Crippen LogP) is 2.06. The van der Waals surface area contributed by atoms with Crippen molar-refractivity contribution >= 4 is 17.6 Å².